The van der Waals surface area contributed by atoms with Crippen molar-refractivity contribution in [1.29, 1.82) is 0 Å². The molecule has 30 heavy (non-hydrogen) atoms. The van der Waals surface area contributed by atoms with E-state index in [0.29, 0.717) is 42.0 Å². The summed E-state index contributed by atoms with van der Waals surface area (Å²) in [6.07, 6.45) is 0. The van der Waals surface area contributed by atoms with Gasteiger partial charge in [-0.1, -0.05) is 29.3 Å². The van der Waals surface area contributed by atoms with Crippen LogP contribution in [0.5, 0.6) is 5.75 Å². The van der Waals surface area contributed by atoms with E-state index in [-0.39, 0.29) is 12.5 Å². The zero-order valence-corrected chi connectivity index (χ0v) is 18.4. The molecule has 0 unspecified atom stereocenters. The lowest BCUT2D eigenvalue weighted by molar-refractivity contribution is -0.164. The highest BCUT2D eigenvalue weighted by atomic mass is 35.5. The summed E-state index contributed by atoms with van der Waals surface area (Å²) in [6.45, 7) is 5.34. The fourth-order valence-corrected chi connectivity index (χ4v) is 3.43. The summed E-state index contributed by atoms with van der Waals surface area (Å²) in [5.41, 5.74) is -0.207. The van der Waals surface area contributed by atoms with Gasteiger partial charge in [0.1, 0.15) is 5.75 Å². The monoisotopic (exact) mass is 450 g/mol. The summed E-state index contributed by atoms with van der Waals surface area (Å²) >= 11 is 11.9. The predicted octanol–water partition coefficient (Wildman–Crippen LogP) is 4.04. The number of hydrogen-bond donors (Lipinski definition) is 0. The number of ether oxygens (including phenoxy) is 2. The van der Waals surface area contributed by atoms with E-state index in [2.05, 4.69) is 4.90 Å². The number of esters is 1. The second-order valence-corrected chi connectivity index (χ2v) is 8.36. The van der Waals surface area contributed by atoms with E-state index >= 15 is 0 Å². The Labute approximate surface area is 186 Å². The molecule has 2 aromatic carbocycles. The molecule has 0 spiro atoms. The standard InChI is InChI=1S/C22H24Cl2N2O4/c1-22(2,30-19-8-6-16(23)7-9-19)21(28)29-15-20(27)26-12-10-25(11-13-26)18-5-3-4-17(24)14-18/h3-9,14H,10-13,15H2,1-2H3. The van der Waals surface area contributed by atoms with Crippen LogP contribution in [0.25, 0.3) is 0 Å². The van der Waals surface area contributed by atoms with Crippen LogP contribution in [0.1, 0.15) is 13.8 Å². The van der Waals surface area contributed by atoms with Crippen LogP contribution in [0.4, 0.5) is 5.69 Å². The van der Waals surface area contributed by atoms with Gasteiger partial charge < -0.3 is 19.3 Å². The van der Waals surface area contributed by atoms with Gasteiger partial charge in [0.05, 0.1) is 0 Å². The highest BCUT2D eigenvalue weighted by molar-refractivity contribution is 6.31. The van der Waals surface area contributed by atoms with Gasteiger partial charge >= 0.3 is 5.97 Å². The first-order chi connectivity index (χ1) is 14.2. The molecule has 160 valence electrons. The van der Waals surface area contributed by atoms with Crippen molar-refractivity contribution in [2.24, 2.45) is 0 Å². The van der Waals surface area contributed by atoms with E-state index in [1.165, 1.54) is 0 Å². The van der Waals surface area contributed by atoms with Crippen molar-refractivity contribution >= 4 is 40.8 Å². The molecule has 1 saturated heterocycles. The van der Waals surface area contributed by atoms with Crippen molar-refractivity contribution in [3.8, 4) is 5.75 Å². The number of piperazine rings is 1. The third kappa shape index (κ3) is 5.80. The number of carbonyl (C=O) groups is 2. The predicted molar refractivity (Wildman–Crippen MR) is 117 cm³/mol. The fourth-order valence-electron chi connectivity index (χ4n) is 3.12. The first-order valence-electron chi connectivity index (χ1n) is 9.65. The minimum atomic E-state index is -1.24. The number of halogens is 2. The molecule has 3 rings (SSSR count). The van der Waals surface area contributed by atoms with Gasteiger partial charge in [-0.05, 0) is 56.3 Å². The molecule has 0 aromatic heterocycles. The number of amides is 1. The number of hydrogen-bond acceptors (Lipinski definition) is 5. The third-order valence-corrected chi connectivity index (χ3v) is 5.30. The molecule has 2 aromatic rings. The number of carbonyl (C=O) groups excluding carboxylic acids is 2. The molecule has 0 saturated carbocycles. The molecule has 0 N–H and O–H groups in total. The van der Waals surface area contributed by atoms with Crippen LogP contribution in [0.15, 0.2) is 48.5 Å². The van der Waals surface area contributed by atoms with Crippen LogP contribution in [0, 0.1) is 0 Å². The Kier molecular flexibility index (Phi) is 7.10. The Balaban J connectivity index is 1.47. The molecule has 0 radical (unpaired) electrons. The van der Waals surface area contributed by atoms with E-state index in [1.54, 1.807) is 43.0 Å². The molecule has 1 heterocycles. The lowest BCUT2D eigenvalue weighted by Gasteiger charge is -2.36. The highest BCUT2D eigenvalue weighted by Crippen LogP contribution is 2.23. The van der Waals surface area contributed by atoms with Gasteiger partial charge in [0.25, 0.3) is 5.91 Å². The zero-order valence-electron chi connectivity index (χ0n) is 16.9. The van der Waals surface area contributed by atoms with Crippen LogP contribution in [0.3, 0.4) is 0 Å². The average molecular weight is 451 g/mol. The van der Waals surface area contributed by atoms with E-state index < -0.39 is 11.6 Å². The summed E-state index contributed by atoms with van der Waals surface area (Å²) < 4.78 is 10.9. The Morgan fingerprint density at radius 1 is 0.967 bits per heavy atom. The van der Waals surface area contributed by atoms with E-state index in [0.717, 1.165) is 5.69 Å². The molecule has 0 aliphatic carbocycles. The quantitative estimate of drug-likeness (QED) is 0.621. The molecule has 8 heteroatoms. The topological polar surface area (TPSA) is 59.1 Å². The Bertz CT molecular complexity index is 894. The first-order valence-corrected chi connectivity index (χ1v) is 10.4. The Morgan fingerprint density at radius 3 is 2.27 bits per heavy atom. The molecule has 6 nitrogen and oxygen atoms in total. The van der Waals surface area contributed by atoms with Crippen molar-refractivity contribution in [1.82, 2.24) is 4.90 Å². The van der Waals surface area contributed by atoms with Crippen LogP contribution >= 0.6 is 23.2 Å². The lowest BCUT2D eigenvalue weighted by Crippen LogP contribution is -2.50. The van der Waals surface area contributed by atoms with Crippen molar-refractivity contribution in [3.05, 3.63) is 58.6 Å². The molecule has 0 bridgehead atoms. The average Bonchev–Trinajstić information content (AvgIpc) is 2.73. The summed E-state index contributed by atoms with van der Waals surface area (Å²) in [4.78, 5) is 28.8. The smallest absolute Gasteiger partial charge is 0.350 e. The van der Waals surface area contributed by atoms with Crippen LogP contribution < -0.4 is 9.64 Å². The summed E-state index contributed by atoms with van der Waals surface area (Å²) in [6, 6.07) is 14.3. The molecule has 1 amide bonds. The number of benzene rings is 2. The number of rotatable bonds is 6. The number of nitrogens with zero attached hydrogens (tertiary/aromatic N) is 2. The van der Waals surface area contributed by atoms with Gasteiger partial charge in [-0.25, -0.2) is 4.79 Å². The largest absolute Gasteiger partial charge is 0.476 e. The Morgan fingerprint density at radius 2 is 1.63 bits per heavy atom. The van der Waals surface area contributed by atoms with Crippen LogP contribution in [-0.2, 0) is 14.3 Å². The Hall–Kier alpha value is -2.44. The lowest BCUT2D eigenvalue weighted by atomic mass is 10.1. The minimum Gasteiger partial charge on any atom is -0.476 e. The molecule has 1 aliphatic heterocycles. The fraction of sp³-hybridized carbons (Fsp3) is 0.364. The number of anilines is 1. The first kappa shape index (κ1) is 22.2. The molecular weight excluding hydrogens is 427 g/mol. The van der Waals surface area contributed by atoms with Gasteiger partial charge in [0.2, 0.25) is 0 Å². The van der Waals surface area contributed by atoms with Gasteiger partial charge in [-0.3, -0.25) is 4.79 Å². The summed E-state index contributed by atoms with van der Waals surface area (Å²) in [7, 11) is 0. The molecule has 0 atom stereocenters. The minimum absolute atomic E-state index is 0.226. The van der Waals surface area contributed by atoms with Crippen molar-refractivity contribution < 1.29 is 19.1 Å². The van der Waals surface area contributed by atoms with E-state index in [1.807, 2.05) is 24.3 Å². The van der Waals surface area contributed by atoms with Crippen LogP contribution in [-0.4, -0.2) is 55.2 Å². The summed E-state index contributed by atoms with van der Waals surface area (Å²) in [5, 5.41) is 1.25. The molecule has 1 aliphatic rings. The second-order valence-electron chi connectivity index (χ2n) is 7.49. The molecular formula is C22H24Cl2N2O4. The van der Waals surface area contributed by atoms with Gasteiger partial charge in [0, 0.05) is 41.9 Å². The SMILES string of the molecule is CC(C)(Oc1ccc(Cl)cc1)C(=O)OCC(=O)N1CCN(c2cccc(Cl)c2)CC1. The zero-order chi connectivity index (χ0) is 21.7. The maximum Gasteiger partial charge on any atom is 0.350 e. The maximum absolute atomic E-state index is 12.5. The molecule has 1 fully saturated rings. The van der Waals surface area contributed by atoms with Gasteiger partial charge in [0.15, 0.2) is 12.2 Å². The van der Waals surface area contributed by atoms with Crippen molar-refractivity contribution in [3.63, 3.8) is 0 Å². The van der Waals surface area contributed by atoms with E-state index in [4.69, 9.17) is 32.7 Å². The normalized spacial score (nSPS) is 14.4. The van der Waals surface area contributed by atoms with Crippen molar-refractivity contribution in [2.45, 2.75) is 19.4 Å². The summed E-state index contributed by atoms with van der Waals surface area (Å²) in [5.74, 6) is -0.343. The van der Waals surface area contributed by atoms with Gasteiger partial charge in [-0.2, -0.15) is 0 Å². The van der Waals surface area contributed by atoms with Gasteiger partial charge in [-0.15, -0.1) is 0 Å². The second kappa shape index (κ2) is 9.58. The highest BCUT2D eigenvalue weighted by Gasteiger charge is 2.33. The van der Waals surface area contributed by atoms with Crippen LogP contribution in [0.2, 0.25) is 10.0 Å². The maximum atomic E-state index is 12.5. The third-order valence-electron chi connectivity index (χ3n) is 4.81. The van der Waals surface area contributed by atoms with Crippen molar-refractivity contribution in [2.75, 3.05) is 37.7 Å². The van der Waals surface area contributed by atoms with E-state index in [9.17, 15) is 9.59 Å².